The van der Waals surface area contributed by atoms with Crippen LogP contribution in [0, 0.1) is 5.92 Å². The number of hydrogen-bond donors (Lipinski definition) is 1. The molecule has 1 aromatic heterocycles. The lowest BCUT2D eigenvalue weighted by Gasteiger charge is -2.32. The fraction of sp³-hybridized carbons (Fsp3) is 0.400. The Morgan fingerprint density at radius 1 is 1.09 bits per heavy atom. The number of benzene rings is 1. The van der Waals surface area contributed by atoms with Gasteiger partial charge in [0.15, 0.2) is 0 Å². The van der Waals surface area contributed by atoms with Gasteiger partial charge in [0.05, 0.1) is 5.56 Å². The van der Waals surface area contributed by atoms with Crippen LogP contribution >= 0.6 is 0 Å². The smallest absolute Gasteiger partial charge is 0.353 e. The van der Waals surface area contributed by atoms with Gasteiger partial charge in [-0.2, -0.15) is 13.2 Å². The van der Waals surface area contributed by atoms with Crippen LogP contribution in [0.25, 0.3) is 6.08 Å². The van der Waals surface area contributed by atoms with Gasteiger partial charge in [-0.05, 0) is 67.2 Å². The van der Waals surface area contributed by atoms with Crippen LogP contribution < -0.4 is 5.32 Å². The zero-order chi connectivity index (χ0) is 23.7. The molecule has 0 radical (unpaired) electrons. The van der Waals surface area contributed by atoms with Crippen molar-refractivity contribution in [3.8, 4) is 0 Å². The number of rotatable bonds is 8. The van der Waals surface area contributed by atoms with Crippen LogP contribution in [0.15, 0.2) is 54.9 Å². The second-order valence-electron chi connectivity index (χ2n) is 8.22. The molecule has 1 saturated heterocycles. The molecule has 0 spiro atoms. The van der Waals surface area contributed by atoms with Gasteiger partial charge in [-0.15, -0.1) is 0 Å². The summed E-state index contributed by atoms with van der Waals surface area (Å²) in [5.74, 6) is 0.168. The number of hydrogen-bond acceptors (Lipinski definition) is 3. The molecule has 0 atom stereocenters. The third-order valence-electron chi connectivity index (χ3n) is 5.81. The van der Waals surface area contributed by atoms with E-state index in [9.17, 15) is 22.8 Å². The SMILES string of the molecule is O=C(/C=C/c1cccnc1)NCCCCC1CCN(C(=O)c2ccc(C(F)(F)F)cc2)CC1. The number of likely N-dealkylation sites (tertiary alicyclic amines) is 1. The highest BCUT2D eigenvalue weighted by Gasteiger charge is 2.30. The molecule has 2 heterocycles. The highest BCUT2D eigenvalue weighted by atomic mass is 19.4. The van der Waals surface area contributed by atoms with Crippen LogP contribution in [0.5, 0.6) is 0 Å². The first kappa shape index (κ1) is 24.5. The Kier molecular flexibility index (Phi) is 8.63. The number of unbranched alkanes of at least 4 members (excludes halogenated alkanes) is 1. The van der Waals surface area contributed by atoms with Crippen molar-refractivity contribution in [1.82, 2.24) is 15.2 Å². The third-order valence-corrected chi connectivity index (χ3v) is 5.81. The summed E-state index contributed by atoms with van der Waals surface area (Å²) in [5.41, 5.74) is 0.407. The highest BCUT2D eigenvalue weighted by molar-refractivity contribution is 5.94. The second kappa shape index (κ2) is 11.6. The van der Waals surface area contributed by atoms with Crippen molar-refractivity contribution in [3.63, 3.8) is 0 Å². The lowest BCUT2D eigenvalue weighted by atomic mass is 9.91. The Bertz CT molecular complexity index is 936. The van der Waals surface area contributed by atoms with E-state index in [0.717, 1.165) is 49.8 Å². The van der Waals surface area contributed by atoms with Crippen LogP contribution in [-0.4, -0.2) is 41.3 Å². The van der Waals surface area contributed by atoms with Gasteiger partial charge in [0.1, 0.15) is 0 Å². The highest BCUT2D eigenvalue weighted by Crippen LogP contribution is 2.29. The summed E-state index contributed by atoms with van der Waals surface area (Å²) in [6.07, 6.45) is 6.86. The van der Waals surface area contributed by atoms with E-state index in [-0.39, 0.29) is 17.4 Å². The van der Waals surface area contributed by atoms with Crippen molar-refractivity contribution in [2.75, 3.05) is 19.6 Å². The summed E-state index contributed by atoms with van der Waals surface area (Å²) in [7, 11) is 0. The van der Waals surface area contributed by atoms with E-state index in [1.807, 2.05) is 12.1 Å². The van der Waals surface area contributed by atoms with Crippen molar-refractivity contribution in [1.29, 1.82) is 0 Å². The van der Waals surface area contributed by atoms with E-state index in [1.54, 1.807) is 23.4 Å². The molecule has 1 aromatic carbocycles. The summed E-state index contributed by atoms with van der Waals surface area (Å²) in [6, 6.07) is 8.09. The minimum atomic E-state index is -4.40. The summed E-state index contributed by atoms with van der Waals surface area (Å²) < 4.78 is 38.1. The Balaban J connectivity index is 1.31. The largest absolute Gasteiger partial charge is 0.416 e. The molecule has 0 bridgehead atoms. The molecule has 0 aliphatic carbocycles. The minimum absolute atomic E-state index is 0.131. The molecule has 1 N–H and O–H groups in total. The standard InChI is InChI=1S/C25H28F3N3O2/c26-25(27,28)22-9-7-21(8-10-22)24(33)31-16-12-19(13-17-31)4-1-2-15-30-23(32)11-6-20-5-3-14-29-18-20/h3,5-11,14,18-19H,1-2,4,12-13,15-17H2,(H,30,32)/b11-6+. The first-order chi connectivity index (χ1) is 15.8. The molecule has 33 heavy (non-hydrogen) atoms. The van der Waals surface area contributed by atoms with Crippen LogP contribution in [0.3, 0.4) is 0 Å². The fourth-order valence-electron chi connectivity index (χ4n) is 3.88. The molecule has 176 valence electrons. The molecule has 2 aromatic rings. The topological polar surface area (TPSA) is 62.3 Å². The van der Waals surface area contributed by atoms with E-state index in [4.69, 9.17) is 0 Å². The van der Waals surface area contributed by atoms with E-state index in [2.05, 4.69) is 10.3 Å². The number of halogens is 3. The lowest BCUT2D eigenvalue weighted by Crippen LogP contribution is -2.38. The van der Waals surface area contributed by atoms with Gasteiger partial charge >= 0.3 is 6.18 Å². The Morgan fingerprint density at radius 3 is 2.45 bits per heavy atom. The number of carbonyl (C=O) groups excluding carboxylic acids is 2. The first-order valence-electron chi connectivity index (χ1n) is 11.2. The van der Waals surface area contributed by atoms with Gasteiger partial charge in [0.25, 0.3) is 5.91 Å². The lowest BCUT2D eigenvalue weighted by molar-refractivity contribution is -0.137. The Morgan fingerprint density at radius 2 is 1.82 bits per heavy atom. The van der Waals surface area contributed by atoms with Crippen LogP contribution in [0.2, 0.25) is 0 Å². The Labute approximate surface area is 191 Å². The van der Waals surface area contributed by atoms with E-state index < -0.39 is 11.7 Å². The van der Waals surface area contributed by atoms with Crippen molar-refractivity contribution < 1.29 is 22.8 Å². The molecular formula is C25H28F3N3O2. The molecular weight excluding hydrogens is 431 g/mol. The number of aromatic nitrogens is 1. The average molecular weight is 460 g/mol. The van der Waals surface area contributed by atoms with Gasteiger partial charge in [0.2, 0.25) is 5.91 Å². The average Bonchev–Trinajstić information content (AvgIpc) is 2.82. The van der Waals surface area contributed by atoms with E-state index in [1.165, 1.54) is 18.2 Å². The molecule has 0 saturated carbocycles. The second-order valence-corrected chi connectivity index (χ2v) is 8.22. The third kappa shape index (κ3) is 7.73. The predicted octanol–water partition coefficient (Wildman–Crippen LogP) is 4.95. The molecule has 1 aliphatic rings. The van der Waals surface area contributed by atoms with Gasteiger partial charge in [0, 0.05) is 43.7 Å². The quantitative estimate of drug-likeness (QED) is 0.449. The van der Waals surface area contributed by atoms with Gasteiger partial charge in [-0.25, -0.2) is 0 Å². The van der Waals surface area contributed by atoms with Gasteiger partial charge < -0.3 is 10.2 Å². The molecule has 0 unspecified atom stereocenters. The van der Waals surface area contributed by atoms with Gasteiger partial charge in [-0.1, -0.05) is 18.9 Å². The van der Waals surface area contributed by atoms with E-state index >= 15 is 0 Å². The summed E-state index contributed by atoms with van der Waals surface area (Å²) >= 11 is 0. The summed E-state index contributed by atoms with van der Waals surface area (Å²) in [6.45, 7) is 1.84. The Hall–Kier alpha value is -3.16. The molecule has 1 aliphatic heterocycles. The number of piperidine rings is 1. The van der Waals surface area contributed by atoms with Crippen molar-refractivity contribution >= 4 is 17.9 Å². The number of nitrogens with one attached hydrogen (secondary N) is 1. The maximum absolute atomic E-state index is 12.7. The zero-order valence-electron chi connectivity index (χ0n) is 18.4. The molecule has 2 amide bonds. The fourth-order valence-corrected chi connectivity index (χ4v) is 3.88. The maximum Gasteiger partial charge on any atom is 0.416 e. The number of pyridine rings is 1. The first-order valence-corrected chi connectivity index (χ1v) is 11.2. The zero-order valence-corrected chi connectivity index (χ0v) is 18.4. The number of alkyl halides is 3. The maximum atomic E-state index is 12.7. The molecule has 8 heteroatoms. The van der Waals surface area contributed by atoms with Crippen LogP contribution in [0.4, 0.5) is 13.2 Å². The molecule has 1 fully saturated rings. The molecule has 5 nitrogen and oxygen atoms in total. The van der Waals surface area contributed by atoms with Crippen molar-refractivity contribution in [2.24, 2.45) is 5.92 Å². The summed E-state index contributed by atoms with van der Waals surface area (Å²) in [4.78, 5) is 30.1. The molecule has 3 rings (SSSR count). The predicted molar refractivity (Wildman–Crippen MR) is 120 cm³/mol. The summed E-state index contributed by atoms with van der Waals surface area (Å²) in [5, 5.41) is 2.87. The normalized spacial score (nSPS) is 15.1. The van der Waals surface area contributed by atoms with E-state index in [0.29, 0.717) is 25.6 Å². The van der Waals surface area contributed by atoms with Crippen molar-refractivity contribution in [3.05, 3.63) is 71.6 Å². The van der Waals surface area contributed by atoms with Crippen molar-refractivity contribution in [2.45, 2.75) is 38.3 Å². The monoisotopic (exact) mass is 459 g/mol. The van der Waals surface area contributed by atoms with Crippen LogP contribution in [-0.2, 0) is 11.0 Å². The van der Waals surface area contributed by atoms with Crippen LogP contribution in [0.1, 0.15) is 53.6 Å². The minimum Gasteiger partial charge on any atom is -0.353 e. The van der Waals surface area contributed by atoms with Gasteiger partial charge in [-0.3, -0.25) is 14.6 Å². The number of amides is 2. The number of nitrogens with zero attached hydrogens (tertiary/aromatic N) is 2. The number of carbonyl (C=O) groups is 2.